The van der Waals surface area contributed by atoms with E-state index in [1.54, 1.807) is 45.0 Å². The van der Waals surface area contributed by atoms with E-state index < -0.39 is 83.4 Å². The molecule has 1 aromatic rings. The summed E-state index contributed by atoms with van der Waals surface area (Å²) in [6.07, 6.45) is 1.65. The lowest BCUT2D eigenvalue weighted by Crippen LogP contribution is -2.64. The molecule has 2 aliphatic carbocycles. The normalized spacial score (nSPS) is 28.5. The first kappa shape index (κ1) is 47.9. The van der Waals surface area contributed by atoms with Gasteiger partial charge in [-0.15, -0.1) is 0 Å². The number of esters is 5. The van der Waals surface area contributed by atoms with Crippen molar-refractivity contribution in [3.8, 4) is 0 Å². The second-order valence-electron chi connectivity index (χ2n) is 16.8. The Morgan fingerprint density at radius 1 is 0.917 bits per heavy atom. The third-order valence-electron chi connectivity index (χ3n) is 12.2. The summed E-state index contributed by atoms with van der Waals surface area (Å²) in [5.41, 5.74) is 1.40. The van der Waals surface area contributed by atoms with Gasteiger partial charge in [0.1, 0.15) is 11.7 Å². The molecule has 1 saturated carbocycles. The molecule has 3 aliphatic rings. The van der Waals surface area contributed by atoms with Crippen LogP contribution >= 0.6 is 0 Å². The quantitative estimate of drug-likeness (QED) is 0.0342. The van der Waals surface area contributed by atoms with E-state index in [9.17, 15) is 39.0 Å². The van der Waals surface area contributed by atoms with Gasteiger partial charge in [0.15, 0.2) is 29.5 Å². The summed E-state index contributed by atoms with van der Waals surface area (Å²) in [7, 11) is 0. The average molecular weight is 841 g/mol. The average Bonchev–Trinajstić information content (AvgIpc) is 3.52. The maximum absolute atomic E-state index is 13.6. The molecular weight excluding hydrogens is 776 g/mol. The number of amides is 1. The van der Waals surface area contributed by atoms with Gasteiger partial charge >= 0.3 is 29.8 Å². The highest BCUT2D eigenvalue weighted by atomic mass is 16.6. The van der Waals surface area contributed by atoms with E-state index >= 15 is 0 Å². The second kappa shape index (κ2) is 20.2. The summed E-state index contributed by atoms with van der Waals surface area (Å²) in [4.78, 5) is 79.2. The molecule has 2 fully saturated rings. The molecule has 0 aromatic heterocycles. The van der Waals surface area contributed by atoms with Crippen molar-refractivity contribution in [2.24, 2.45) is 5.92 Å². The van der Waals surface area contributed by atoms with Crippen molar-refractivity contribution >= 4 is 41.4 Å². The van der Waals surface area contributed by atoms with Crippen LogP contribution in [-0.2, 0) is 47.7 Å². The second-order valence-corrected chi connectivity index (χ2v) is 16.8. The predicted molar refractivity (Wildman–Crippen MR) is 220 cm³/mol. The monoisotopic (exact) mass is 840 g/mol. The number of carbonyl (C=O) groups is 6. The third kappa shape index (κ3) is 10.4. The van der Waals surface area contributed by atoms with Crippen molar-refractivity contribution in [3.05, 3.63) is 52.1 Å². The van der Waals surface area contributed by atoms with Gasteiger partial charge in [0.05, 0.1) is 5.92 Å². The molecule has 5 N–H and O–H groups in total. The molecule has 4 rings (SSSR count). The number of hydrogen-bond acceptors (Lipinski definition) is 14. The molecule has 1 aliphatic heterocycles. The number of fused-ring (bicyclic) bond motifs is 3. The minimum absolute atomic E-state index is 0.0507. The Balaban J connectivity index is 1.59. The number of allylic oxidation sites excluding steroid dienone is 1. The van der Waals surface area contributed by atoms with Gasteiger partial charge in [0, 0.05) is 49.6 Å². The van der Waals surface area contributed by atoms with Crippen LogP contribution in [0.15, 0.2) is 41.0 Å². The van der Waals surface area contributed by atoms with E-state index in [4.69, 9.17) is 29.4 Å². The number of nitrogens with two attached hydrogens (primary N) is 1. The van der Waals surface area contributed by atoms with E-state index in [0.29, 0.717) is 49.9 Å². The Kier molecular flexibility index (Phi) is 16.1. The van der Waals surface area contributed by atoms with Crippen LogP contribution in [-0.4, -0.2) is 93.7 Å². The zero-order valence-corrected chi connectivity index (χ0v) is 36.4. The van der Waals surface area contributed by atoms with E-state index in [-0.39, 0.29) is 35.5 Å². The van der Waals surface area contributed by atoms with Crippen molar-refractivity contribution in [3.63, 3.8) is 0 Å². The number of carbonyl (C=O) groups excluding carboxylic acids is 6. The number of nitrogen functional groups attached to an aromatic ring is 1. The number of benzene rings is 1. The van der Waals surface area contributed by atoms with Gasteiger partial charge in [-0.3, -0.25) is 19.2 Å². The van der Waals surface area contributed by atoms with Gasteiger partial charge in [0.2, 0.25) is 0 Å². The van der Waals surface area contributed by atoms with Crippen molar-refractivity contribution in [2.75, 3.05) is 12.3 Å². The summed E-state index contributed by atoms with van der Waals surface area (Å²) in [6.45, 7) is 12.9. The van der Waals surface area contributed by atoms with E-state index in [1.165, 1.54) is 13.8 Å². The van der Waals surface area contributed by atoms with Crippen LogP contribution in [0.5, 0.6) is 0 Å². The molecule has 0 bridgehead atoms. The molecule has 15 nitrogen and oxygen atoms in total. The smallest absolute Gasteiger partial charge is 0.341 e. The maximum Gasteiger partial charge on any atom is 0.341 e. The van der Waals surface area contributed by atoms with Gasteiger partial charge in [0.25, 0.3) is 5.91 Å². The van der Waals surface area contributed by atoms with Crippen LogP contribution in [0.4, 0.5) is 5.69 Å². The Morgan fingerprint density at radius 2 is 1.53 bits per heavy atom. The van der Waals surface area contributed by atoms with Crippen molar-refractivity contribution < 1.29 is 62.7 Å². The number of rotatable bonds is 19. The minimum Gasteiger partial charge on any atom is -0.459 e. The maximum atomic E-state index is 13.6. The lowest BCUT2D eigenvalue weighted by atomic mass is 9.75. The zero-order chi connectivity index (χ0) is 44.6. The number of unbranched alkanes of at least 4 members (excludes halogenated alkanes) is 7. The molecular formula is C45H64N2O13. The van der Waals surface area contributed by atoms with Crippen LogP contribution in [0.3, 0.4) is 0 Å². The van der Waals surface area contributed by atoms with E-state index in [0.717, 1.165) is 38.2 Å². The largest absolute Gasteiger partial charge is 0.459 e. The van der Waals surface area contributed by atoms with Crippen LogP contribution < -0.4 is 11.1 Å². The number of hydrogen-bond donors (Lipinski definition) is 4. The molecule has 1 saturated heterocycles. The molecule has 0 radical (unpaired) electrons. The van der Waals surface area contributed by atoms with Gasteiger partial charge in [-0.25, -0.2) is 9.59 Å². The van der Waals surface area contributed by atoms with E-state index in [2.05, 4.69) is 12.2 Å². The number of aliphatic hydroxyl groups is 2. The van der Waals surface area contributed by atoms with Crippen molar-refractivity contribution in [2.45, 2.75) is 174 Å². The highest BCUT2D eigenvalue weighted by Gasteiger charge is 2.76. The summed E-state index contributed by atoms with van der Waals surface area (Å²) in [5.74, 6) is -5.47. The van der Waals surface area contributed by atoms with Crippen molar-refractivity contribution in [1.29, 1.82) is 0 Å². The first-order valence-electron chi connectivity index (χ1n) is 21.2. The number of aryl methyl sites for hydroxylation is 1. The highest BCUT2D eigenvalue weighted by molar-refractivity contribution is 5.95. The van der Waals surface area contributed by atoms with Gasteiger partial charge < -0.3 is 44.9 Å². The third-order valence-corrected chi connectivity index (χ3v) is 12.2. The summed E-state index contributed by atoms with van der Waals surface area (Å²) in [5, 5.41) is 27.3. The molecule has 1 aromatic carbocycles. The fraction of sp³-hybridized carbons (Fsp3) is 0.644. The Hall–Kier alpha value is -4.76. The lowest BCUT2D eigenvalue weighted by molar-refractivity contribution is -0.212. The van der Waals surface area contributed by atoms with Gasteiger partial charge in [-0.05, 0) is 89.6 Å². The molecule has 60 heavy (non-hydrogen) atoms. The highest BCUT2D eigenvalue weighted by Crippen LogP contribution is 2.57. The molecule has 1 amide bonds. The molecule has 0 spiro atoms. The fourth-order valence-electron chi connectivity index (χ4n) is 8.53. The predicted octanol–water partition coefficient (Wildman–Crippen LogP) is 5.40. The van der Waals surface area contributed by atoms with Gasteiger partial charge in [-0.2, -0.15) is 0 Å². The Labute approximate surface area is 352 Å². The first-order chi connectivity index (χ1) is 28.2. The van der Waals surface area contributed by atoms with Crippen LogP contribution in [0.1, 0.15) is 141 Å². The number of ether oxygens (including phenoxy) is 5. The molecule has 332 valence electrons. The SMILES string of the molecule is C/C=C(/C)C(=O)O[C@H]1C(C)=C2C([C@@H]1OC(=O)CCCCCCC)C(C)(OC(C)=O)C[C@H](OC(=O)CCCCCCNC(=O)c1ccc(C)c(N)c1)[C@@]1(O)C2OC(=O)[C@@]1(C)O. The molecule has 3 unspecified atom stereocenters. The zero-order valence-electron chi connectivity index (χ0n) is 36.4. The first-order valence-corrected chi connectivity index (χ1v) is 21.2. The number of nitrogens with one attached hydrogen (secondary N) is 1. The fourth-order valence-corrected chi connectivity index (χ4v) is 8.53. The van der Waals surface area contributed by atoms with E-state index in [1.807, 2.05) is 6.92 Å². The number of anilines is 1. The molecule has 1 heterocycles. The summed E-state index contributed by atoms with van der Waals surface area (Å²) < 4.78 is 29.8. The molecule has 8 atom stereocenters. The minimum atomic E-state index is -2.64. The summed E-state index contributed by atoms with van der Waals surface area (Å²) >= 11 is 0. The standard InChI is InChI=1S/C45H64N2O13/c1-9-11-12-13-16-20-34(50)57-38-36-35(28(5)37(38)58-41(52)26(3)10-2)39-45(55,44(8,54)42(53)59-39)32(25-43(36,7)60-29(6)48)56-33(49)19-17-14-15-18-23-47-40(51)30-22-21-27(4)31(46)24-30/h10,21-22,24,32,36-39,54-55H,9,11-20,23,25,46H2,1-8H3,(H,47,51)/b26-10-/t32-,36?,37-,38-,39?,43?,44+,45+/m0/s1. The van der Waals surface area contributed by atoms with Gasteiger partial charge in [-0.1, -0.05) is 57.6 Å². The van der Waals surface area contributed by atoms with Crippen molar-refractivity contribution in [1.82, 2.24) is 5.32 Å². The van der Waals surface area contributed by atoms with Crippen LogP contribution in [0.25, 0.3) is 0 Å². The topological polar surface area (TPSA) is 227 Å². The van der Waals surface area contributed by atoms with Crippen LogP contribution in [0.2, 0.25) is 0 Å². The van der Waals surface area contributed by atoms with Crippen LogP contribution in [0, 0.1) is 12.8 Å². The molecule has 15 heteroatoms. The Morgan fingerprint density at radius 3 is 2.13 bits per heavy atom. The lowest BCUT2D eigenvalue weighted by Gasteiger charge is -2.41. The summed E-state index contributed by atoms with van der Waals surface area (Å²) in [6, 6.07) is 5.11. The Bertz CT molecular complexity index is 1850.